The summed E-state index contributed by atoms with van der Waals surface area (Å²) in [7, 11) is 0. The highest BCUT2D eigenvalue weighted by Crippen LogP contribution is 2.32. The van der Waals surface area contributed by atoms with E-state index >= 15 is 0 Å². The largest absolute Gasteiger partial charge is 0.494 e. The predicted octanol–water partition coefficient (Wildman–Crippen LogP) is 3.96. The zero-order valence-electron chi connectivity index (χ0n) is 15.1. The molecule has 2 N–H and O–H groups in total. The summed E-state index contributed by atoms with van der Waals surface area (Å²) in [5.74, 6) is -0.289. The fraction of sp³-hybridized carbons (Fsp3) is 0.350. The predicted molar refractivity (Wildman–Crippen MR) is 98.2 cm³/mol. The van der Waals surface area contributed by atoms with Gasteiger partial charge in [-0.3, -0.25) is 0 Å². The Balaban J connectivity index is 1.66. The van der Waals surface area contributed by atoms with Gasteiger partial charge in [0.1, 0.15) is 5.75 Å². The first kappa shape index (κ1) is 19.0. The number of hydroxylamine groups is 1. The highest BCUT2D eigenvalue weighted by atomic mass is 16.7. The van der Waals surface area contributed by atoms with Crippen LogP contribution in [0.15, 0.2) is 48.5 Å². The van der Waals surface area contributed by atoms with E-state index in [1.54, 1.807) is 24.3 Å². The Morgan fingerprint density at radius 1 is 1.19 bits per heavy atom. The molecule has 2 unspecified atom stereocenters. The van der Waals surface area contributed by atoms with Gasteiger partial charge in [-0.05, 0) is 42.8 Å². The van der Waals surface area contributed by atoms with Crippen LogP contribution in [-0.4, -0.2) is 22.4 Å². The third-order valence-electron chi connectivity index (χ3n) is 4.41. The lowest BCUT2D eigenvalue weighted by atomic mass is 10.1. The summed E-state index contributed by atoms with van der Waals surface area (Å²) in [6.45, 7) is 2.81. The Labute approximate surface area is 157 Å². The number of nitrogens with zero attached hydrogens (tertiary/aromatic N) is 1. The molecule has 0 radical (unpaired) electrons. The van der Waals surface area contributed by atoms with Crippen LogP contribution in [0.25, 0.3) is 0 Å². The molecule has 0 aromatic heterocycles. The van der Waals surface area contributed by atoms with Gasteiger partial charge in [0.05, 0.1) is 22.5 Å². The Morgan fingerprint density at radius 2 is 1.96 bits per heavy atom. The normalized spacial score (nSPS) is 19.2. The van der Waals surface area contributed by atoms with Crippen LogP contribution in [-0.2, 0) is 4.84 Å². The molecule has 1 aliphatic heterocycles. The monoisotopic (exact) mass is 371 g/mol. The number of carboxylic acid groups (broad SMARTS) is 1. The van der Waals surface area contributed by atoms with Gasteiger partial charge in [-0.1, -0.05) is 31.9 Å². The molecule has 1 heterocycles. The van der Waals surface area contributed by atoms with Gasteiger partial charge in [-0.25, -0.2) is 9.63 Å². The van der Waals surface area contributed by atoms with E-state index < -0.39 is 18.4 Å². The van der Waals surface area contributed by atoms with Crippen molar-refractivity contribution >= 4 is 5.97 Å². The first-order valence-corrected chi connectivity index (χ1v) is 9.03. The molecular formula is C20H23N2O5+. The number of hydrogen-bond acceptors (Lipinski definition) is 5. The first-order valence-electron chi connectivity index (χ1n) is 9.03. The lowest BCUT2D eigenvalue weighted by Crippen LogP contribution is -2.18. The summed E-state index contributed by atoms with van der Waals surface area (Å²) in [6.07, 6.45) is 1.69. The fourth-order valence-corrected chi connectivity index (χ4v) is 2.91. The Bertz CT molecular complexity index is 806. The average Bonchev–Trinajstić information content (AvgIpc) is 3.07. The standard InChI is InChI=1S/C20H22N2O5/c1-2-3-4-12-26-17-10-8-14(9-11-17)19-22(25)18(21-27-19)15-6-5-7-16(13-15)20(23)24/h5-11,13,18-19,21H,2-4,12H2,1H3/p+1. The lowest BCUT2D eigenvalue weighted by Gasteiger charge is -2.07. The molecule has 142 valence electrons. The van der Waals surface area contributed by atoms with Gasteiger partial charge in [-0.2, -0.15) is 0 Å². The molecule has 1 aliphatic rings. The number of nitrogens with one attached hydrogen (secondary N) is 1. The first-order chi connectivity index (χ1) is 13.1. The molecule has 7 nitrogen and oxygen atoms in total. The van der Waals surface area contributed by atoms with Gasteiger partial charge in [0.2, 0.25) is 0 Å². The lowest BCUT2D eigenvalue weighted by molar-refractivity contribution is -0.630. The topological polar surface area (TPSA) is 87.9 Å². The minimum absolute atomic E-state index is 0.121. The number of carboxylic acids is 1. The summed E-state index contributed by atoms with van der Waals surface area (Å²) < 4.78 is 6.45. The number of nitroso groups, excluding NO2 is 1. The number of carbonyl (C=O) groups is 1. The van der Waals surface area contributed by atoms with Crippen molar-refractivity contribution < 1.29 is 24.2 Å². The zero-order chi connectivity index (χ0) is 19.2. The van der Waals surface area contributed by atoms with E-state index in [2.05, 4.69) is 12.4 Å². The maximum Gasteiger partial charge on any atom is 0.349 e. The summed E-state index contributed by atoms with van der Waals surface area (Å²) in [6, 6.07) is 13.5. The van der Waals surface area contributed by atoms with Crippen LogP contribution in [0.3, 0.4) is 0 Å². The quantitative estimate of drug-likeness (QED) is 0.539. The zero-order valence-corrected chi connectivity index (χ0v) is 15.1. The van der Waals surface area contributed by atoms with Crippen molar-refractivity contribution in [1.29, 1.82) is 0 Å². The molecule has 0 spiro atoms. The molecule has 2 atom stereocenters. The van der Waals surface area contributed by atoms with Gasteiger partial charge >= 0.3 is 18.4 Å². The molecule has 1 fully saturated rings. The summed E-state index contributed by atoms with van der Waals surface area (Å²) in [5.41, 5.74) is 4.03. The molecule has 27 heavy (non-hydrogen) atoms. The van der Waals surface area contributed by atoms with Crippen molar-refractivity contribution in [3.05, 3.63) is 70.1 Å². The van der Waals surface area contributed by atoms with Crippen LogP contribution in [0.2, 0.25) is 0 Å². The third-order valence-corrected chi connectivity index (χ3v) is 4.41. The van der Waals surface area contributed by atoms with Crippen molar-refractivity contribution in [1.82, 2.24) is 5.48 Å². The van der Waals surface area contributed by atoms with E-state index in [4.69, 9.17) is 14.7 Å². The SMILES string of the molecule is CCCCCOc1ccc(C2ONC(c3cccc(C(=O)O)c3)[N+]2=O)cc1. The van der Waals surface area contributed by atoms with Crippen LogP contribution in [0.1, 0.15) is 60.1 Å². The Hall–Kier alpha value is -2.77. The molecule has 2 aromatic carbocycles. The van der Waals surface area contributed by atoms with Crippen molar-refractivity contribution in [2.75, 3.05) is 6.61 Å². The summed E-state index contributed by atoms with van der Waals surface area (Å²) in [4.78, 5) is 29.2. The Kier molecular flexibility index (Phi) is 6.16. The molecular weight excluding hydrogens is 348 g/mol. The number of ether oxygens (including phenoxy) is 1. The van der Waals surface area contributed by atoms with Crippen LogP contribution in [0.4, 0.5) is 0 Å². The molecule has 1 saturated heterocycles. The van der Waals surface area contributed by atoms with Crippen LogP contribution in [0, 0.1) is 4.91 Å². The molecule has 7 heteroatoms. The van der Waals surface area contributed by atoms with Gasteiger partial charge in [-0.15, -0.1) is 5.48 Å². The van der Waals surface area contributed by atoms with Gasteiger partial charge in [0.25, 0.3) is 0 Å². The van der Waals surface area contributed by atoms with Crippen LogP contribution < -0.4 is 10.2 Å². The Morgan fingerprint density at radius 3 is 2.67 bits per heavy atom. The van der Waals surface area contributed by atoms with Crippen LogP contribution >= 0.6 is 0 Å². The van der Waals surface area contributed by atoms with Crippen LogP contribution in [0.5, 0.6) is 5.75 Å². The van der Waals surface area contributed by atoms with E-state index in [1.165, 1.54) is 12.1 Å². The van der Waals surface area contributed by atoms with Gasteiger partial charge in [0, 0.05) is 10.5 Å². The number of aromatic carboxylic acids is 1. The van der Waals surface area contributed by atoms with Crippen molar-refractivity contribution in [3.63, 3.8) is 0 Å². The minimum atomic E-state index is -1.04. The van der Waals surface area contributed by atoms with E-state index in [0.717, 1.165) is 29.8 Å². The van der Waals surface area contributed by atoms with E-state index in [0.29, 0.717) is 17.7 Å². The van der Waals surface area contributed by atoms with E-state index in [9.17, 15) is 9.70 Å². The second-order valence-electron chi connectivity index (χ2n) is 6.41. The van der Waals surface area contributed by atoms with Crippen molar-refractivity contribution in [3.8, 4) is 5.75 Å². The smallest absolute Gasteiger partial charge is 0.349 e. The maximum absolute atomic E-state index is 12.7. The van der Waals surface area contributed by atoms with Crippen molar-refractivity contribution in [2.45, 2.75) is 38.6 Å². The number of unbranched alkanes of at least 4 members (excludes halogenated alkanes) is 2. The molecule has 0 aliphatic carbocycles. The number of rotatable bonds is 8. The van der Waals surface area contributed by atoms with Gasteiger partial charge < -0.3 is 9.84 Å². The van der Waals surface area contributed by atoms with Gasteiger partial charge in [0.15, 0.2) is 0 Å². The second-order valence-corrected chi connectivity index (χ2v) is 6.41. The van der Waals surface area contributed by atoms with Crippen molar-refractivity contribution in [2.24, 2.45) is 0 Å². The third kappa shape index (κ3) is 4.50. The highest BCUT2D eigenvalue weighted by Gasteiger charge is 2.45. The molecule has 0 bridgehead atoms. The maximum atomic E-state index is 12.7. The molecule has 2 aromatic rings. The number of hydrogen-bond donors (Lipinski definition) is 2. The molecule has 3 rings (SSSR count). The number of benzene rings is 2. The van der Waals surface area contributed by atoms with E-state index in [-0.39, 0.29) is 5.56 Å². The second kappa shape index (κ2) is 8.75. The highest BCUT2D eigenvalue weighted by molar-refractivity contribution is 5.87. The summed E-state index contributed by atoms with van der Waals surface area (Å²) in [5, 5.41) is 9.11. The molecule has 0 amide bonds. The summed E-state index contributed by atoms with van der Waals surface area (Å²) >= 11 is 0. The minimum Gasteiger partial charge on any atom is -0.494 e. The molecule has 0 saturated carbocycles. The average molecular weight is 371 g/mol. The fourth-order valence-electron chi connectivity index (χ4n) is 2.91. The van der Waals surface area contributed by atoms with E-state index in [1.807, 2.05) is 12.1 Å².